The molecule has 2 aromatic heterocycles. The van der Waals surface area contributed by atoms with E-state index < -0.39 is 6.23 Å². The third-order valence-corrected chi connectivity index (χ3v) is 6.63. The zero-order valence-electron chi connectivity index (χ0n) is 21.6. The molecule has 38 heavy (non-hydrogen) atoms. The highest BCUT2D eigenvalue weighted by atomic mass is 16.5. The average Bonchev–Trinajstić information content (AvgIpc) is 3.78. The van der Waals surface area contributed by atoms with Crippen LogP contribution in [-0.4, -0.2) is 48.3 Å². The van der Waals surface area contributed by atoms with Crippen molar-refractivity contribution >= 4 is 22.5 Å². The first kappa shape index (κ1) is 25.4. The van der Waals surface area contributed by atoms with Gasteiger partial charge in [-0.1, -0.05) is 18.2 Å². The maximum Gasteiger partial charge on any atom is 0.255 e. The van der Waals surface area contributed by atoms with Gasteiger partial charge in [0.15, 0.2) is 0 Å². The normalized spacial score (nSPS) is 13.7. The van der Waals surface area contributed by atoms with Crippen molar-refractivity contribution in [3.05, 3.63) is 77.7 Å². The number of benzene rings is 2. The molecule has 1 unspecified atom stereocenters. The highest BCUT2D eigenvalue weighted by Crippen LogP contribution is 2.37. The Morgan fingerprint density at radius 1 is 1.05 bits per heavy atom. The summed E-state index contributed by atoms with van der Waals surface area (Å²) in [6.45, 7) is 0.506. The molecule has 1 fully saturated rings. The van der Waals surface area contributed by atoms with E-state index in [9.17, 15) is 9.90 Å². The number of fused-ring (bicyclic) bond motifs is 1. The molecule has 1 aliphatic rings. The van der Waals surface area contributed by atoms with Crippen LogP contribution in [0, 0.1) is 0 Å². The molecule has 0 aliphatic heterocycles. The van der Waals surface area contributed by atoms with Crippen molar-refractivity contribution in [1.29, 1.82) is 0 Å². The summed E-state index contributed by atoms with van der Waals surface area (Å²) in [5.41, 5.74) is 5.04. The van der Waals surface area contributed by atoms with Crippen LogP contribution in [0.2, 0.25) is 0 Å². The lowest BCUT2D eigenvalue weighted by Gasteiger charge is -2.17. The molecule has 0 bridgehead atoms. The number of carbonyl (C=O) groups excluding carboxylic acids is 1. The third kappa shape index (κ3) is 5.39. The van der Waals surface area contributed by atoms with Crippen LogP contribution in [0.5, 0.6) is 11.5 Å². The number of amides is 1. The molecule has 1 amide bonds. The van der Waals surface area contributed by atoms with E-state index in [1.165, 1.54) is 0 Å². The van der Waals surface area contributed by atoms with Gasteiger partial charge in [0.1, 0.15) is 17.7 Å². The minimum Gasteiger partial charge on any atom is -0.497 e. The van der Waals surface area contributed by atoms with Gasteiger partial charge in [-0.25, -0.2) is 0 Å². The van der Waals surface area contributed by atoms with Crippen LogP contribution in [0.1, 0.15) is 40.7 Å². The van der Waals surface area contributed by atoms with E-state index in [2.05, 4.69) is 25.9 Å². The second kappa shape index (κ2) is 11.0. The van der Waals surface area contributed by atoms with Crippen LogP contribution in [0.25, 0.3) is 22.0 Å². The molecule has 196 valence electrons. The highest BCUT2D eigenvalue weighted by molar-refractivity contribution is 6.08. The highest BCUT2D eigenvalue weighted by Gasteiger charge is 2.26. The van der Waals surface area contributed by atoms with Crippen molar-refractivity contribution in [2.24, 2.45) is 0 Å². The first-order valence-electron chi connectivity index (χ1n) is 12.5. The standard InChI is InChI=1S/C29H31N5O4/c1-30-29(36)24-11-6-18(15-31-24)21-12-22-25(13-26(21)38-3)32-16-23(28(35)34-19-7-8-19)27(22)33-14-17-4-9-20(37-2)10-5-17/h4-6,9-13,15-16,19,29-30,36H,7-8,14H2,1-3H3,(H,32,33)(H,34,35). The Morgan fingerprint density at radius 2 is 1.84 bits per heavy atom. The number of aliphatic hydroxyl groups excluding tert-OH is 1. The zero-order chi connectivity index (χ0) is 26.6. The molecular formula is C29H31N5O4. The molecule has 0 radical (unpaired) electrons. The number of aliphatic hydroxyl groups is 1. The molecule has 2 heterocycles. The number of pyridine rings is 2. The van der Waals surface area contributed by atoms with Crippen molar-refractivity contribution in [1.82, 2.24) is 20.6 Å². The predicted molar refractivity (Wildman–Crippen MR) is 146 cm³/mol. The Labute approximate surface area is 221 Å². The lowest BCUT2D eigenvalue weighted by molar-refractivity contribution is 0.0951. The van der Waals surface area contributed by atoms with E-state index in [4.69, 9.17) is 9.47 Å². The zero-order valence-corrected chi connectivity index (χ0v) is 21.6. The van der Waals surface area contributed by atoms with E-state index >= 15 is 0 Å². The van der Waals surface area contributed by atoms with Gasteiger partial charge < -0.3 is 25.2 Å². The Hall–Kier alpha value is -4.21. The van der Waals surface area contributed by atoms with Crippen LogP contribution >= 0.6 is 0 Å². The van der Waals surface area contributed by atoms with Crippen molar-refractivity contribution < 1.29 is 19.4 Å². The number of nitrogens with one attached hydrogen (secondary N) is 3. The van der Waals surface area contributed by atoms with Crippen LogP contribution in [-0.2, 0) is 6.54 Å². The summed E-state index contributed by atoms with van der Waals surface area (Å²) in [6, 6.07) is 15.5. The number of aromatic nitrogens is 2. The molecule has 0 saturated heterocycles. The van der Waals surface area contributed by atoms with Gasteiger partial charge in [-0.05, 0) is 49.7 Å². The third-order valence-electron chi connectivity index (χ3n) is 6.63. The van der Waals surface area contributed by atoms with Crippen molar-refractivity contribution in [2.75, 3.05) is 26.6 Å². The Balaban J connectivity index is 1.58. The summed E-state index contributed by atoms with van der Waals surface area (Å²) in [4.78, 5) is 22.2. The second-order valence-electron chi connectivity index (χ2n) is 9.23. The summed E-state index contributed by atoms with van der Waals surface area (Å²) in [7, 11) is 4.91. The van der Waals surface area contributed by atoms with Crippen molar-refractivity contribution in [2.45, 2.75) is 31.7 Å². The summed E-state index contributed by atoms with van der Waals surface area (Å²) in [5.74, 6) is 1.26. The number of methoxy groups -OCH3 is 2. The number of hydrogen-bond donors (Lipinski definition) is 4. The quantitative estimate of drug-likeness (QED) is 0.235. The minimum absolute atomic E-state index is 0.149. The SMILES string of the molecule is CNC(O)c1ccc(-c2cc3c(NCc4ccc(OC)cc4)c(C(=O)NC4CC4)cnc3cc2OC)cn1. The summed E-state index contributed by atoms with van der Waals surface area (Å²) < 4.78 is 11.0. The van der Waals surface area contributed by atoms with E-state index in [1.807, 2.05) is 42.5 Å². The lowest BCUT2D eigenvalue weighted by Crippen LogP contribution is -2.26. The molecule has 5 rings (SSSR count). The maximum absolute atomic E-state index is 13.2. The molecule has 1 atom stereocenters. The molecule has 4 N–H and O–H groups in total. The van der Waals surface area contributed by atoms with Crippen LogP contribution in [0.15, 0.2) is 60.9 Å². The Kier molecular flexibility index (Phi) is 7.39. The van der Waals surface area contributed by atoms with Crippen LogP contribution < -0.4 is 25.4 Å². The van der Waals surface area contributed by atoms with Crippen molar-refractivity contribution in [3.63, 3.8) is 0 Å². The number of nitrogens with zero attached hydrogens (tertiary/aromatic N) is 2. The summed E-state index contributed by atoms with van der Waals surface area (Å²) >= 11 is 0. The van der Waals surface area contributed by atoms with Gasteiger partial charge in [-0.2, -0.15) is 0 Å². The van der Waals surface area contributed by atoms with E-state index in [-0.39, 0.29) is 11.9 Å². The van der Waals surface area contributed by atoms with Gasteiger partial charge in [0.2, 0.25) is 0 Å². The Morgan fingerprint density at radius 3 is 2.47 bits per heavy atom. The molecule has 1 aliphatic carbocycles. The molecule has 2 aromatic carbocycles. The smallest absolute Gasteiger partial charge is 0.255 e. The van der Waals surface area contributed by atoms with Gasteiger partial charge in [0.25, 0.3) is 5.91 Å². The lowest BCUT2D eigenvalue weighted by atomic mass is 10.00. The monoisotopic (exact) mass is 513 g/mol. The summed E-state index contributed by atoms with van der Waals surface area (Å²) in [6.07, 6.45) is 4.45. The number of anilines is 1. The fourth-order valence-electron chi connectivity index (χ4n) is 4.28. The summed E-state index contributed by atoms with van der Waals surface area (Å²) in [5, 5.41) is 20.2. The minimum atomic E-state index is -0.854. The first-order chi connectivity index (χ1) is 18.5. The van der Waals surface area contributed by atoms with Gasteiger partial charge in [0, 0.05) is 47.6 Å². The van der Waals surface area contributed by atoms with E-state index in [1.54, 1.807) is 39.7 Å². The van der Waals surface area contributed by atoms with Crippen LogP contribution in [0.4, 0.5) is 5.69 Å². The van der Waals surface area contributed by atoms with Gasteiger partial charge in [-0.3, -0.25) is 20.1 Å². The number of carbonyl (C=O) groups is 1. The van der Waals surface area contributed by atoms with Gasteiger partial charge in [0.05, 0.1) is 36.7 Å². The Bertz CT molecular complexity index is 1440. The number of rotatable bonds is 10. The van der Waals surface area contributed by atoms with Crippen LogP contribution in [0.3, 0.4) is 0 Å². The number of hydrogen-bond acceptors (Lipinski definition) is 8. The first-order valence-corrected chi connectivity index (χ1v) is 12.5. The van der Waals surface area contributed by atoms with E-state index in [0.717, 1.165) is 40.7 Å². The maximum atomic E-state index is 13.2. The fraction of sp³-hybridized carbons (Fsp3) is 0.276. The molecule has 0 spiro atoms. The fourth-order valence-corrected chi connectivity index (χ4v) is 4.28. The molecule has 4 aromatic rings. The van der Waals surface area contributed by atoms with Gasteiger partial charge in [-0.15, -0.1) is 0 Å². The predicted octanol–water partition coefficient (Wildman–Crippen LogP) is 4.03. The topological polar surface area (TPSA) is 118 Å². The molecule has 1 saturated carbocycles. The molecule has 9 nitrogen and oxygen atoms in total. The van der Waals surface area contributed by atoms with Crippen molar-refractivity contribution in [3.8, 4) is 22.6 Å². The molecule has 9 heteroatoms. The molecular weight excluding hydrogens is 482 g/mol. The largest absolute Gasteiger partial charge is 0.497 e. The average molecular weight is 514 g/mol. The number of ether oxygens (including phenoxy) is 2. The van der Waals surface area contributed by atoms with Gasteiger partial charge >= 0.3 is 0 Å². The van der Waals surface area contributed by atoms with E-state index in [0.29, 0.717) is 34.8 Å². The second-order valence-corrected chi connectivity index (χ2v) is 9.23.